The van der Waals surface area contributed by atoms with Crippen molar-refractivity contribution in [3.05, 3.63) is 34.9 Å². The zero-order valence-electron chi connectivity index (χ0n) is 8.79. The van der Waals surface area contributed by atoms with Crippen LogP contribution in [-0.4, -0.2) is 18.1 Å². The molecule has 1 atom stereocenters. The molecule has 1 aromatic carbocycles. The fraction of sp³-hybridized carbons (Fsp3) is 0.417. The predicted molar refractivity (Wildman–Crippen MR) is 57.9 cm³/mol. The van der Waals surface area contributed by atoms with Gasteiger partial charge in [-0.05, 0) is 43.0 Å². The summed E-state index contributed by atoms with van der Waals surface area (Å²) in [5.74, 6) is -0.824. The molecule has 1 aliphatic rings. The third-order valence-corrected chi connectivity index (χ3v) is 2.99. The Hall–Kier alpha value is -1.35. The average molecular weight is 205 g/mol. The van der Waals surface area contributed by atoms with E-state index in [9.17, 15) is 4.79 Å². The number of fused-ring (bicyclic) bond motifs is 1. The molecule has 0 saturated carbocycles. The van der Waals surface area contributed by atoms with Crippen molar-refractivity contribution in [1.82, 2.24) is 5.32 Å². The first-order valence-corrected chi connectivity index (χ1v) is 5.24. The van der Waals surface area contributed by atoms with Gasteiger partial charge in [-0.3, -0.25) is 4.79 Å². The predicted octanol–water partition coefficient (Wildman–Crippen LogP) is 1.52. The van der Waals surface area contributed by atoms with Crippen LogP contribution in [0.3, 0.4) is 0 Å². The highest BCUT2D eigenvalue weighted by molar-refractivity contribution is 5.75. The molecule has 3 heteroatoms. The fourth-order valence-electron chi connectivity index (χ4n) is 2.20. The lowest BCUT2D eigenvalue weighted by atomic mass is 10.0. The summed E-state index contributed by atoms with van der Waals surface area (Å²) in [7, 11) is 1.67. The SMILES string of the molecule is CNC(C(=O)O)c1ccc2c(c1)CCC2. The van der Waals surface area contributed by atoms with Crippen molar-refractivity contribution in [2.45, 2.75) is 25.3 Å². The third kappa shape index (κ3) is 1.88. The van der Waals surface area contributed by atoms with Crippen molar-refractivity contribution < 1.29 is 9.90 Å². The van der Waals surface area contributed by atoms with Gasteiger partial charge in [0.25, 0.3) is 0 Å². The number of rotatable bonds is 3. The second kappa shape index (κ2) is 4.03. The van der Waals surface area contributed by atoms with Crippen LogP contribution < -0.4 is 5.32 Å². The molecule has 0 radical (unpaired) electrons. The first-order chi connectivity index (χ1) is 7.22. The number of carboxylic acid groups (broad SMARTS) is 1. The second-order valence-corrected chi connectivity index (χ2v) is 3.94. The van der Waals surface area contributed by atoms with Crippen LogP contribution in [0.4, 0.5) is 0 Å². The lowest BCUT2D eigenvalue weighted by Crippen LogP contribution is -2.25. The average Bonchev–Trinajstić information content (AvgIpc) is 2.65. The maximum atomic E-state index is 11.0. The van der Waals surface area contributed by atoms with Crippen LogP contribution in [0.25, 0.3) is 0 Å². The van der Waals surface area contributed by atoms with Crippen LogP contribution in [0.1, 0.15) is 29.2 Å². The molecular formula is C12H15NO2. The van der Waals surface area contributed by atoms with E-state index in [4.69, 9.17) is 5.11 Å². The molecule has 1 aromatic rings. The molecule has 1 aliphatic carbocycles. The maximum absolute atomic E-state index is 11.0. The van der Waals surface area contributed by atoms with Crippen LogP contribution in [0.5, 0.6) is 0 Å². The van der Waals surface area contributed by atoms with Crippen LogP contribution in [0.15, 0.2) is 18.2 Å². The summed E-state index contributed by atoms with van der Waals surface area (Å²) in [4.78, 5) is 11.0. The largest absolute Gasteiger partial charge is 0.480 e. The quantitative estimate of drug-likeness (QED) is 0.786. The molecule has 2 rings (SSSR count). The molecule has 0 spiro atoms. The summed E-state index contributed by atoms with van der Waals surface area (Å²) in [6, 6.07) is 5.41. The number of hydrogen-bond donors (Lipinski definition) is 2. The molecule has 0 saturated heterocycles. The molecule has 0 bridgehead atoms. The summed E-state index contributed by atoms with van der Waals surface area (Å²) in [6.07, 6.45) is 3.40. The van der Waals surface area contributed by atoms with Gasteiger partial charge in [0.05, 0.1) is 0 Å². The Morgan fingerprint density at radius 2 is 2.13 bits per heavy atom. The Morgan fingerprint density at radius 1 is 1.40 bits per heavy atom. The summed E-state index contributed by atoms with van der Waals surface area (Å²) < 4.78 is 0. The zero-order valence-corrected chi connectivity index (χ0v) is 8.79. The number of likely N-dealkylation sites (N-methyl/N-ethyl adjacent to an activating group) is 1. The first kappa shape index (κ1) is 10.2. The Balaban J connectivity index is 2.32. The number of hydrogen-bond acceptors (Lipinski definition) is 2. The zero-order chi connectivity index (χ0) is 10.8. The maximum Gasteiger partial charge on any atom is 0.325 e. The van der Waals surface area contributed by atoms with Gasteiger partial charge in [0.2, 0.25) is 0 Å². The van der Waals surface area contributed by atoms with Crippen LogP contribution in [0, 0.1) is 0 Å². The minimum atomic E-state index is -0.824. The second-order valence-electron chi connectivity index (χ2n) is 3.94. The van der Waals surface area contributed by atoms with Crippen LogP contribution in [-0.2, 0) is 17.6 Å². The minimum Gasteiger partial charge on any atom is -0.480 e. The van der Waals surface area contributed by atoms with Gasteiger partial charge in [0.1, 0.15) is 6.04 Å². The van der Waals surface area contributed by atoms with E-state index in [1.807, 2.05) is 12.1 Å². The third-order valence-electron chi connectivity index (χ3n) is 2.99. The van der Waals surface area contributed by atoms with Crippen LogP contribution >= 0.6 is 0 Å². The van der Waals surface area contributed by atoms with E-state index in [1.54, 1.807) is 7.05 Å². The van der Waals surface area contributed by atoms with E-state index in [2.05, 4.69) is 11.4 Å². The highest BCUT2D eigenvalue weighted by Gasteiger charge is 2.19. The van der Waals surface area contributed by atoms with Gasteiger partial charge in [-0.2, -0.15) is 0 Å². The number of carbonyl (C=O) groups is 1. The minimum absolute atomic E-state index is 0.587. The Morgan fingerprint density at radius 3 is 2.80 bits per heavy atom. The summed E-state index contributed by atoms with van der Waals surface area (Å²) in [6.45, 7) is 0. The normalized spacial score (nSPS) is 16.1. The molecular weight excluding hydrogens is 190 g/mol. The number of carboxylic acids is 1. The molecule has 0 aromatic heterocycles. The van der Waals surface area contributed by atoms with Gasteiger partial charge in [0, 0.05) is 0 Å². The van der Waals surface area contributed by atoms with Crippen molar-refractivity contribution >= 4 is 5.97 Å². The topological polar surface area (TPSA) is 49.3 Å². The number of nitrogens with one attached hydrogen (secondary N) is 1. The molecule has 0 amide bonds. The molecule has 0 heterocycles. The molecule has 1 unspecified atom stereocenters. The van der Waals surface area contributed by atoms with Gasteiger partial charge in [-0.1, -0.05) is 18.2 Å². The number of aryl methyl sites for hydroxylation is 2. The van der Waals surface area contributed by atoms with Crippen molar-refractivity contribution in [3.8, 4) is 0 Å². The van der Waals surface area contributed by atoms with Gasteiger partial charge < -0.3 is 10.4 Å². The molecule has 3 nitrogen and oxygen atoms in total. The Kier molecular flexibility index (Phi) is 2.73. The number of aliphatic carboxylic acids is 1. The number of benzene rings is 1. The first-order valence-electron chi connectivity index (χ1n) is 5.24. The Bertz CT molecular complexity index is 387. The fourth-order valence-corrected chi connectivity index (χ4v) is 2.20. The van der Waals surface area contributed by atoms with E-state index in [1.165, 1.54) is 17.5 Å². The highest BCUT2D eigenvalue weighted by Crippen LogP contribution is 2.25. The van der Waals surface area contributed by atoms with E-state index in [0.717, 1.165) is 18.4 Å². The summed E-state index contributed by atoms with van der Waals surface area (Å²) in [5.41, 5.74) is 3.54. The van der Waals surface area contributed by atoms with Gasteiger partial charge >= 0.3 is 5.97 Å². The molecule has 0 fully saturated rings. The monoisotopic (exact) mass is 205 g/mol. The smallest absolute Gasteiger partial charge is 0.325 e. The van der Waals surface area contributed by atoms with Gasteiger partial charge in [-0.15, -0.1) is 0 Å². The van der Waals surface area contributed by atoms with Crippen molar-refractivity contribution in [1.29, 1.82) is 0 Å². The molecule has 80 valence electrons. The lowest BCUT2D eigenvalue weighted by molar-refractivity contribution is -0.139. The standard InChI is InChI=1S/C12H15NO2/c1-13-11(12(14)15)10-6-5-8-3-2-4-9(8)7-10/h5-7,11,13H,2-4H2,1H3,(H,14,15). The van der Waals surface area contributed by atoms with Crippen LogP contribution in [0.2, 0.25) is 0 Å². The lowest BCUT2D eigenvalue weighted by Gasteiger charge is -2.12. The van der Waals surface area contributed by atoms with Crippen molar-refractivity contribution in [2.24, 2.45) is 0 Å². The van der Waals surface area contributed by atoms with E-state index < -0.39 is 12.0 Å². The summed E-state index contributed by atoms with van der Waals surface area (Å²) >= 11 is 0. The summed E-state index contributed by atoms with van der Waals surface area (Å²) in [5, 5.41) is 11.8. The van der Waals surface area contributed by atoms with E-state index in [0.29, 0.717) is 0 Å². The Labute approximate surface area is 89.1 Å². The van der Waals surface area contributed by atoms with Crippen molar-refractivity contribution in [2.75, 3.05) is 7.05 Å². The van der Waals surface area contributed by atoms with Gasteiger partial charge in [0.15, 0.2) is 0 Å². The van der Waals surface area contributed by atoms with Gasteiger partial charge in [-0.25, -0.2) is 0 Å². The highest BCUT2D eigenvalue weighted by atomic mass is 16.4. The molecule has 15 heavy (non-hydrogen) atoms. The van der Waals surface area contributed by atoms with E-state index >= 15 is 0 Å². The molecule has 0 aliphatic heterocycles. The van der Waals surface area contributed by atoms with Crippen molar-refractivity contribution in [3.63, 3.8) is 0 Å². The molecule has 2 N–H and O–H groups in total. The van der Waals surface area contributed by atoms with E-state index in [-0.39, 0.29) is 0 Å².